The summed E-state index contributed by atoms with van der Waals surface area (Å²) in [6, 6.07) is 0.0902. The largest absolute Gasteiger partial charge is 0.436 e. The van der Waals surface area contributed by atoms with E-state index in [1.165, 1.54) is 4.68 Å². The van der Waals surface area contributed by atoms with Crippen LogP contribution in [-0.4, -0.2) is 32.7 Å². The van der Waals surface area contributed by atoms with E-state index in [4.69, 9.17) is 0 Å². The van der Waals surface area contributed by atoms with Gasteiger partial charge in [0.05, 0.1) is 16.7 Å². The van der Waals surface area contributed by atoms with Crippen LogP contribution in [0.1, 0.15) is 45.5 Å². The molecule has 1 heterocycles. The first-order valence-electron chi connectivity index (χ1n) is 7.08. The summed E-state index contributed by atoms with van der Waals surface area (Å²) in [4.78, 5) is 14.0. The molecule has 22 heavy (non-hydrogen) atoms. The van der Waals surface area contributed by atoms with Crippen LogP contribution in [0.3, 0.4) is 0 Å². The van der Waals surface area contributed by atoms with Gasteiger partial charge >= 0.3 is 6.18 Å². The molecule has 0 saturated heterocycles. The number of halogens is 4. The first-order chi connectivity index (χ1) is 9.96. The van der Waals surface area contributed by atoms with Gasteiger partial charge in [0, 0.05) is 18.5 Å². The highest BCUT2D eigenvalue weighted by Gasteiger charge is 2.38. The fourth-order valence-corrected chi connectivity index (χ4v) is 2.93. The highest BCUT2D eigenvalue weighted by Crippen LogP contribution is 2.35. The van der Waals surface area contributed by atoms with E-state index in [1.807, 2.05) is 27.7 Å². The summed E-state index contributed by atoms with van der Waals surface area (Å²) in [7, 11) is 0. The van der Waals surface area contributed by atoms with Crippen molar-refractivity contribution in [3.8, 4) is 0 Å². The second-order valence-electron chi connectivity index (χ2n) is 5.71. The number of carbonyl (C=O) groups excluding carboxylic acids is 1. The lowest BCUT2D eigenvalue weighted by atomic mass is 10.2. The van der Waals surface area contributed by atoms with Crippen molar-refractivity contribution in [1.82, 2.24) is 14.7 Å². The number of amides is 1. The Kier molecular flexibility index (Phi) is 6.06. The van der Waals surface area contributed by atoms with Gasteiger partial charge < -0.3 is 4.90 Å². The van der Waals surface area contributed by atoms with Gasteiger partial charge in [-0.15, -0.1) is 0 Å². The zero-order valence-electron chi connectivity index (χ0n) is 13.3. The van der Waals surface area contributed by atoms with Gasteiger partial charge in [0.2, 0.25) is 5.91 Å². The van der Waals surface area contributed by atoms with Gasteiger partial charge in [0.1, 0.15) is 0 Å². The van der Waals surface area contributed by atoms with Gasteiger partial charge in [-0.1, -0.05) is 0 Å². The second kappa shape index (κ2) is 7.02. The topological polar surface area (TPSA) is 38.1 Å². The van der Waals surface area contributed by atoms with Crippen LogP contribution in [0.4, 0.5) is 13.2 Å². The Morgan fingerprint density at radius 3 is 2.14 bits per heavy atom. The van der Waals surface area contributed by atoms with E-state index in [0.717, 1.165) is 0 Å². The Bertz CT molecular complexity index is 530. The van der Waals surface area contributed by atoms with Crippen LogP contribution < -0.4 is 0 Å². The van der Waals surface area contributed by atoms with E-state index in [2.05, 4.69) is 21.0 Å². The molecule has 0 radical (unpaired) electrons. The average molecular weight is 384 g/mol. The van der Waals surface area contributed by atoms with Gasteiger partial charge in [0.15, 0.2) is 5.69 Å². The molecule has 0 atom stereocenters. The molecule has 0 bridgehead atoms. The Morgan fingerprint density at radius 1 is 1.27 bits per heavy atom. The predicted molar refractivity (Wildman–Crippen MR) is 81.4 cm³/mol. The van der Waals surface area contributed by atoms with Gasteiger partial charge in [-0.2, -0.15) is 18.3 Å². The summed E-state index contributed by atoms with van der Waals surface area (Å²) in [5, 5.41) is 3.58. The zero-order chi connectivity index (χ0) is 17.2. The van der Waals surface area contributed by atoms with E-state index >= 15 is 0 Å². The van der Waals surface area contributed by atoms with Crippen molar-refractivity contribution in [3.63, 3.8) is 0 Å². The molecule has 0 aliphatic heterocycles. The smallest absolute Gasteiger partial charge is 0.338 e. The minimum atomic E-state index is -4.51. The maximum atomic E-state index is 12.8. The lowest BCUT2D eigenvalue weighted by Gasteiger charge is -2.30. The predicted octanol–water partition coefficient (Wildman–Crippen LogP) is 4.01. The molecule has 1 rings (SSSR count). The summed E-state index contributed by atoms with van der Waals surface area (Å²) in [5.41, 5.74) is -0.595. The number of aryl methyl sites for hydroxylation is 1. The molecule has 0 fully saturated rings. The van der Waals surface area contributed by atoms with Crippen molar-refractivity contribution in [2.75, 3.05) is 0 Å². The second-order valence-corrected chi connectivity index (χ2v) is 6.50. The standard InChI is InChI=1S/C14H21BrF3N3O/c1-8(2)21(9(3)4)11(22)6-7-20-10(5)12(15)13(19-20)14(16,17)18/h8-9H,6-7H2,1-5H3. The zero-order valence-corrected chi connectivity index (χ0v) is 14.9. The highest BCUT2D eigenvalue weighted by molar-refractivity contribution is 9.10. The average Bonchev–Trinajstić information content (AvgIpc) is 2.62. The summed E-state index contributed by atoms with van der Waals surface area (Å²) in [6.45, 7) is 9.31. The number of rotatable bonds is 5. The number of hydrogen-bond donors (Lipinski definition) is 0. The molecule has 0 aliphatic rings. The molecule has 126 valence electrons. The fourth-order valence-electron chi connectivity index (χ4n) is 2.43. The third-order valence-electron chi connectivity index (χ3n) is 3.34. The van der Waals surface area contributed by atoms with Crippen LogP contribution in [0.5, 0.6) is 0 Å². The minimum absolute atomic E-state index is 0.0451. The van der Waals surface area contributed by atoms with Crippen LogP contribution >= 0.6 is 15.9 Å². The van der Waals surface area contributed by atoms with Gasteiger partial charge in [-0.05, 0) is 50.5 Å². The number of hydrogen-bond acceptors (Lipinski definition) is 2. The summed E-state index contributed by atoms with van der Waals surface area (Å²) in [6.07, 6.45) is -4.40. The van der Waals surface area contributed by atoms with Gasteiger partial charge in [-0.3, -0.25) is 9.48 Å². The highest BCUT2D eigenvalue weighted by atomic mass is 79.9. The molecule has 0 aliphatic carbocycles. The molecule has 1 amide bonds. The Balaban J connectivity index is 2.87. The monoisotopic (exact) mass is 383 g/mol. The molecule has 1 aromatic heterocycles. The van der Waals surface area contributed by atoms with Crippen molar-refractivity contribution in [2.24, 2.45) is 0 Å². The number of aromatic nitrogens is 2. The van der Waals surface area contributed by atoms with Crippen LogP contribution in [0, 0.1) is 6.92 Å². The molecule has 0 unspecified atom stereocenters. The third-order valence-corrected chi connectivity index (χ3v) is 4.29. The maximum Gasteiger partial charge on any atom is 0.436 e. The normalized spacial score (nSPS) is 12.3. The Labute approximate surface area is 136 Å². The van der Waals surface area contributed by atoms with E-state index in [0.29, 0.717) is 5.69 Å². The van der Waals surface area contributed by atoms with Crippen molar-refractivity contribution in [1.29, 1.82) is 0 Å². The number of alkyl halides is 3. The first kappa shape index (κ1) is 19.0. The van der Waals surface area contributed by atoms with Crippen molar-refractivity contribution < 1.29 is 18.0 Å². The van der Waals surface area contributed by atoms with Crippen LogP contribution in [-0.2, 0) is 17.5 Å². The molecule has 0 N–H and O–H groups in total. The number of carbonyl (C=O) groups is 1. The van der Waals surface area contributed by atoms with Gasteiger partial charge in [0.25, 0.3) is 0 Å². The molecule has 0 saturated carbocycles. The van der Waals surface area contributed by atoms with Gasteiger partial charge in [-0.25, -0.2) is 0 Å². The third kappa shape index (κ3) is 4.24. The minimum Gasteiger partial charge on any atom is -0.338 e. The molecular formula is C14H21BrF3N3O. The number of nitrogens with zero attached hydrogens (tertiary/aromatic N) is 3. The quantitative estimate of drug-likeness (QED) is 0.770. The molecule has 1 aromatic rings. The molecule has 4 nitrogen and oxygen atoms in total. The lowest BCUT2D eigenvalue weighted by molar-refractivity contribution is -0.142. The van der Waals surface area contributed by atoms with Crippen LogP contribution in [0.15, 0.2) is 4.47 Å². The van der Waals surface area contributed by atoms with Crippen LogP contribution in [0.2, 0.25) is 0 Å². The molecule has 8 heteroatoms. The SMILES string of the molecule is Cc1c(Br)c(C(F)(F)F)nn1CCC(=O)N(C(C)C)C(C)C. The van der Waals surface area contributed by atoms with Crippen LogP contribution in [0.25, 0.3) is 0 Å². The maximum absolute atomic E-state index is 12.8. The fraction of sp³-hybridized carbons (Fsp3) is 0.714. The Morgan fingerprint density at radius 2 is 1.77 bits per heavy atom. The summed E-state index contributed by atoms with van der Waals surface area (Å²) in [5.74, 6) is -0.0930. The van der Waals surface area contributed by atoms with Crippen molar-refractivity contribution in [2.45, 2.75) is 65.8 Å². The molecule has 0 aromatic carbocycles. The van der Waals surface area contributed by atoms with E-state index < -0.39 is 11.9 Å². The summed E-state index contributed by atoms with van der Waals surface area (Å²) < 4.78 is 39.6. The molecule has 0 spiro atoms. The van der Waals surface area contributed by atoms with E-state index in [9.17, 15) is 18.0 Å². The van der Waals surface area contributed by atoms with Crippen molar-refractivity contribution >= 4 is 21.8 Å². The molecular weight excluding hydrogens is 363 g/mol. The first-order valence-corrected chi connectivity index (χ1v) is 7.87. The summed E-state index contributed by atoms with van der Waals surface area (Å²) >= 11 is 2.92. The van der Waals surface area contributed by atoms with E-state index in [-0.39, 0.29) is 35.4 Å². The lowest BCUT2D eigenvalue weighted by Crippen LogP contribution is -2.42. The van der Waals surface area contributed by atoms with Crippen molar-refractivity contribution in [3.05, 3.63) is 15.9 Å². The Hall–Kier alpha value is -1.05. The van der Waals surface area contributed by atoms with E-state index in [1.54, 1.807) is 11.8 Å².